The van der Waals surface area contributed by atoms with Gasteiger partial charge in [0.1, 0.15) is 17.6 Å². The molecule has 0 radical (unpaired) electrons. The topological polar surface area (TPSA) is 44.5 Å². The first kappa shape index (κ1) is 11.9. The Morgan fingerprint density at radius 1 is 1.20 bits per heavy atom. The van der Waals surface area contributed by atoms with E-state index in [1.807, 2.05) is 24.3 Å². The number of ether oxygens (including phenoxy) is 2. The Balaban J connectivity index is 2.55. The summed E-state index contributed by atoms with van der Waals surface area (Å²) >= 11 is 0. The molecule has 0 aliphatic rings. The van der Waals surface area contributed by atoms with E-state index in [1.54, 1.807) is 7.11 Å². The molecule has 0 saturated carbocycles. The van der Waals surface area contributed by atoms with Crippen LogP contribution >= 0.6 is 0 Å². The van der Waals surface area contributed by atoms with Crippen molar-refractivity contribution >= 4 is 0 Å². The molecule has 0 saturated heterocycles. The summed E-state index contributed by atoms with van der Waals surface area (Å²) in [6.45, 7) is 2.68. The van der Waals surface area contributed by atoms with Gasteiger partial charge in [0.15, 0.2) is 0 Å². The smallest absolute Gasteiger partial charge is 0.120 e. The maximum Gasteiger partial charge on any atom is 0.120 e. The zero-order valence-electron chi connectivity index (χ0n) is 9.40. The van der Waals surface area contributed by atoms with Crippen LogP contribution in [0.5, 0.6) is 11.5 Å². The van der Waals surface area contributed by atoms with E-state index in [1.165, 1.54) is 0 Å². The fraction of sp³-hybridized carbons (Fsp3) is 0.500. The van der Waals surface area contributed by atoms with Crippen LogP contribution in [0.1, 0.15) is 19.8 Å². The predicted molar refractivity (Wildman–Crippen MR) is 61.4 cm³/mol. The molecule has 1 aromatic rings. The first-order chi connectivity index (χ1) is 7.30. The van der Waals surface area contributed by atoms with Crippen molar-refractivity contribution in [3.8, 4) is 11.5 Å². The summed E-state index contributed by atoms with van der Waals surface area (Å²) in [6.07, 6.45) is 2.18. The normalized spacial score (nSPS) is 12.2. The SMILES string of the molecule is CCCC(CN)Oc1ccc(OC)cc1. The highest BCUT2D eigenvalue weighted by Gasteiger charge is 2.06. The van der Waals surface area contributed by atoms with Gasteiger partial charge in [0.05, 0.1) is 7.11 Å². The van der Waals surface area contributed by atoms with E-state index in [2.05, 4.69) is 6.92 Å². The Morgan fingerprint density at radius 2 is 1.80 bits per heavy atom. The lowest BCUT2D eigenvalue weighted by Crippen LogP contribution is -2.26. The van der Waals surface area contributed by atoms with Gasteiger partial charge in [0, 0.05) is 6.54 Å². The summed E-state index contributed by atoms with van der Waals surface area (Å²) in [5.41, 5.74) is 5.61. The van der Waals surface area contributed by atoms with Gasteiger partial charge in [-0.1, -0.05) is 13.3 Å². The molecule has 1 aromatic carbocycles. The molecule has 0 amide bonds. The Morgan fingerprint density at radius 3 is 2.27 bits per heavy atom. The lowest BCUT2D eigenvalue weighted by atomic mass is 10.2. The van der Waals surface area contributed by atoms with E-state index in [0.29, 0.717) is 6.54 Å². The highest BCUT2D eigenvalue weighted by atomic mass is 16.5. The van der Waals surface area contributed by atoms with Crippen molar-refractivity contribution in [2.75, 3.05) is 13.7 Å². The molecule has 0 aliphatic carbocycles. The van der Waals surface area contributed by atoms with Gasteiger partial charge in [0.25, 0.3) is 0 Å². The molecule has 84 valence electrons. The molecule has 0 aliphatic heterocycles. The minimum absolute atomic E-state index is 0.114. The second-order valence-electron chi connectivity index (χ2n) is 3.44. The first-order valence-corrected chi connectivity index (χ1v) is 5.31. The summed E-state index contributed by atoms with van der Waals surface area (Å²) < 4.78 is 10.8. The largest absolute Gasteiger partial charge is 0.497 e. The second kappa shape index (κ2) is 6.30. The van der Waals surface area contributed by atoms with Crippen molar-refractivity contribution in [3.63, 3.8) is 0 Å². The predicted octanol–water partition coefficient (Wildman–Crippen LogP) is 2.20. The minimum Gasteiger partial charge on any atom is -0.497 e. The summed E-state index contributed by atoms with van der Waals surface area (Å²) in [4.78, 5) is 0. The maximum atomic E-state index is 5.72. The van der Waals surface area contributed by atoms with Crippen molar-refractivity contribution in [3.05, 3.63) is 24.3 Å². The maximum absolute atomic E-state index is 5.72. The van der Waals surface area contributed by atoms with Crippen molar-refractivity contribution in [1.29, 1.82) is 0 Å². The first-order valence-electron chi connectivity index (χ1n) is 5.31. The van der Waals surface area contributed by atoms with E-state index in [9.17, 15) is 0 Å². The van der Waals surface area contributed by atoms with Crippen molar-refractivity contribution in [2.24, 2.45) is 5.73 Å². The fourth-order valence-corrected chi connectivity index (χ4v) is 1.39. The Kier molecular flexibility index (Phi) is 4.98. The van der Waals surface area contributed by atoms with E-state index in [0.717, 1.165) is 24.3 Å². The zero-order chi connectivity index (χ0) is 11.1. The van der Waals surface area contributed by atoms with Gasteiger partial charge < -0.3 is 15.2 Å². The molecule has 1 rings (SSSR count). The number of nitrogens with two attached hydrogens (primary N) is 1. The molecule has 1 unspecified atom stereocenters. The third kappa shape index (κ3) is 3.80. The third-order valence-electron chi connectivity index (χ3n) is 2.24. The van der Waals surface area contributed by atoms with Crippen LogP contribution < -0.4 is 15.2 Å². The lowest BCUT2D eigenvalue weighted by molar-refractivity contribution is 0.198. The quantitative estimate of drug-likeness (QED) is 0.781. The zero-order valence-corrected chi connectivity index (χ0v) is 9.40. The minimum atomic E-state index is 0.114. The summed E-state index contributed by atoms with van der Waals surface area (Å²) in [5.74, 6) is 1.68. The molecule has 0 bridgehead atoms. The van der Waals surface area contributed by atoms with Crippen LogP contribution in [0.3, 0.4) is 0 Å². The number of hydrogen-bond acceptors (Lipinski definition) is 3. The van der Waals surface area contributed by atoms with Gasteiger partial charge in [-0.3, -0.25) is 0 Å². The number of hydrogen-bond donors (Lipinski definition) is 1. The molecular weight excluding hydrogens is 190 g/mol. The van der Waals surface area contributed by atoms with Crippen LogP contribution in [0.4, 0.5) is 0 Å². The number of benzene rings is 1. The third-order valence-corrected chi connectivity index (χ3v) is 2.24. The van der Waals surface area contributed by atoms with Gasteiger partial charge in [-0.25, -0.2) is 0 Å². The second-order valence-corrected chi connectivity index (χ2v) is 3.44. The van der Waals surface area contributed by atoms with E-state index in [4.69, 9.17) is 15.2 Å². The summed E-state index contributed by atoms with van der Waals surface area (Å²) in [7, 11) is 1.65. The van der Waals surface area contributed by atoms with Crippen molar-refractivity contribution < 1.29 is 9.47 Å². The molecule has 0 aromatic heterocycles. The van der Waals surface area contributed by atoms with E-state index in [-0.39, 0.29) is 6.10 Å². The van der Waals surface area contributed by atoms with Gasteiger partial charge in [-0.05, 0) is 30.7 Å². The van der Waals surface area contributed by atoms with Crippen LogP contribution in [0.25, 0.3) is 0 Å². The molecule has 2 N–H and O–H groups in total. The van der Waals surface area contributed by atoms with Crippen molar-refractivity contribution in [1.82, 2.24) is 0 Å². The lowest BCUT2D eigenvalue weighted by Gasteiger charge is -2.16. The van der Waals surface area contributed by atoms with Gasteiger partial charge >= 0.3 is 0 Å². The van der Waals surface area contributed by atoms with Crippen LogP contribution in [-0.2, 0) is 0 Å². The summed E-state index contributed by atoms with van der Waals surface area (Å²) in [5, 5.41) is 0. The molecule has 3 heteroatoms. The highest BCUT2D eigenvalue weighted by molar-refractivity contribution is 5.31. The van der Waals surface area contributed by atoms with Gasteiger partial charge in [-0.15, -0.1) is 0 Å². The van der Waals surface area contributed by atoms with Crippen LogP contribution in [0.15, 0.2) is 24.3 Å². The van der Waals surface area contributed by atoms with Gasteiger partial charge in [-0.2, -0.15) is 0 Å². The summed E-state index contributed by atoms with van der Waals surface area (Å²) in [6, 6.07) is 7.57. The van der Waals surface area contributed by atoms with Crippen molar-refractivity contribution in [2.45, 2.75) is 25.9 Å². The molecule has 0 heterocycles. The standard InChI is InChI=1S/C12H19NO2/c1-3-4-12(9-13)15-11-7-5-10(14-2)6-8-11/h5-8,12H,3-4,9,13H2,1-2H3. The average molecular weight is 209 g/mol. The Labute approximate surface area is 91.2 Å². The van der Waals surface area contributed by atoms with Gasteiger partial charge in [0.2, 0.25) is 0 Å². The number of methoxy groups -OCH3 is 1. The average Bonchev–Trinajstić information content (AvgIpc) is 2.29. The highest BCUT2D eigenvalue weighted by Crippen LogP contribution is 2.18. The molecular formula is C12H19NO2. The monoisotopic (exact) mass is 209 g/mol. The molecule has 0 fully saturated rings. The van der Waals surface area contributed by atoms with Crippen LogP contribution in [0, 0.1) is 0 Å². The molecule has 0 spiro atoms. The van der Waals surface area contributed by atoms with Crippen LogP contribution in [0.2, 0.25) is 0 Å². The Bertz CT molecular complexity index is 271. The fourth-order valence-electron chi connectivity index (χ4n) is 1.39. The van der Waals surface area contributed by atoms with Crippen LogP contribution in [-0.4, -0.2) is 19.8 Å². The number of rotatable bonds is 6. The molecule has 3 nitrogen and oxygen atoms in total. The van der Waals surface area contributed by atoms with E-state index < -0.39 is 0 Å². The molecule has 1 atom stereocenters. The molecule has 15 heavy (non-hydrogen) atoms. The van der Waals surface area contributed by atoms with E-state index >= 15 is 0 Å². The Hall–Kier alpha value is -1.22.